The Labute approximate surface area is 154 Å². The second kappa shape index (κ2) is 8.16. The third-order valence-corrected chi connectivity index (χ3v) is 5.46. The Hall–Kier alpha value is -2.64. The molecule has 4 nitrogen and oxygen atoms in total. The SMILES string of the molecule is N#CC(CCN1CCC(C(=O)O)CC1)(c1ccccc1)c1ccccc1. The summed E-state index contributed by atoms with van der Waals surface area (Å²) in [5, 5.41) is 19.3. The molecule has 1 aliphatic heterocycles. The topological polar surface area (TPSA) is 64.3 Å². The van der Waals surface area contributed by atoms with Crippen molar-refractivity contribution in [2.24, 2.45) is 5.92 Å². The number of benzene rings is 2. The van der Waals surface area contributed by atoms with Crippen LogP contribution in [-0.4, -0.2) is 35.6 Å². The quantitative estimate of drug-likeness (QED) is 0.865. The van der Waals surface area contributed by atoms with Crippen molar-refractivity contribution in [2.75, 3.05) is 19.6 Å². The minimum Gasteiger partial charge on any atom is -0.481 e. The van der Waals surface area contributed by atoms with Crippen LogP contribution in [0.5, 0.6) is 0 Å². The van der Waals surface area contributed by atoms with Gasteiger partial charge in [0.15, 0.2) is 0 Å². The van der Waals surface area contributed by atoms with Crippen LogP contribution in [0.25, 0.3) is 0 Å². The number of nitrogens with zero attached hydrogens (tertiary/aromatic N) is 2. The van der Waals surface area contributed by atoms with Crippen molar-refractivity contribution in [1.29, 1.82) is 5.26 Å². The van der Waals surface area contributed by atoms with Crippen molar-refractivity contribution in [3.05, 3.63) is 71.8 Å². The molecule has 0 spiro atoms. The fourth-order valence-electron chi connectivity index (χ4n) is 3.82. The van der Waals surface area contributed by atoms with Crippen LogP contribution in [0, 0.1) is 17.2 Å². The summed E-state index contributed by atoms with van der Waals surface area (Å²) in [6.45, 7) is 2.34. The normalized spacial score (nSPS) is 16.1. The molecule has 3 rings (SSSR count). The maximum Gasteiger partial charge on any atom is 0.306 e. The Kier molecular flexibility index (Phi) is 5.70. The van der Waals surface area contributed by atoms with Crippen LogP contribution in [-0.2, 0) is 10.2 Å². The molecule has 2 aromatic carbocycles. The molecule has 0 bridgehead atoms. The van der Waals surface area contributed by atoms with Gasteiger partial charge in [-0.2, -0.15) is 5.26 Å². The van der Waals surface area contributed by atoms with Crippen LogP contribution < -0.4 is 0 Å². The molecule has 0 aliphatic carbocycles. The molecular weight excluding hydrogens is 324 g/mol. The number of hydrogen-bond acceptors (Lipinski definition) is 3. The van der Waals surface area contributed by atoms with Crippen molar-refractivity contribution in [3.8, 4) is 6.07 Å². The van der Waals surface area contributed by atoms with E-state index < -0.39 is 11.4 Å². The summed E-state index contributed by atoms with van der Waals surface area (Å²) in [7, 11) is 0. The van der Waals surface area contributed by atoms with Crippen molar-refractivity contribution >= 4 is 5.97 Å². The minimum atomic E-state index is -0.690. The lowest BCUT2D eigenvalue weighted by atomic mass is 9.73. The van der Waals surface area contributed by atoms with Gasteiger partial charge in [-0.05, 0) is 43.5 Å². The van der Waals surface area contributed by atoms with E-state index in [0.29, 0.717) is 19.3 Å². The zero-order valence-corrected chi connectivity index (χ0v) is 14.8. The van der Waals surface area contributed by atoms with Gasteiger partial charge in [0.25, 0.3) is 0 Å². The van der Waals surface area contributed by atoms with Crippen LogP contribution in [0.2, 0.25) is 0 Å². The maximum absolute atomic E-state index is 11.1. The highest BCUT2D eigenvalue weighted by Crippen LogP contribution is 2.35. The van der Waals surface area contributed by atoms with Gasteiger partial charge in [0.05, 0.1) is 12.0 Å². The summed E-state index contributed by atoms with van der Waals surface area (Å²) in [5.74, 6) is -0.917. The molecule has 2 aromatic rings. The lowest BCUT2D eigenvalue weighted by Crippen LogP contribution is -2.39. The molecular formula is C22H24N2O2. The molecule has 1 heterocycles. The second-order valence-electron chi connectivity index (χ2n) is 6.95. The van der Waals surface area contributed by atoms with E-state index in [4.69, 9.17) is 5.11 Å². The summed E-state index contributed by atoms with van der Waals surface area (Å²) in [5.41, 5.74) is 1.33. The first-order valence-corrected chi connectivity index (χ1v) is 9.13. The summed E-state index contributed by atoms with van der Waals surface area (Å²) in [6, 6.07) is 22.5. The van der Waals surface area contributed by atoms with Crippen LogP contribution >= 0.6 is 0 Å². The highest BCUT2D eigenvalue weighted by molar-refractivity contribution is 5.70. The fourth-order valence-corrected chi connectivity index (χ4v) is 3.82. The Morgan fingerprint density at radius 2 is 1.54 bits per heavy atom. The summed E-state index contributed by atoms with van der Waals surface area (Å²) < 4.78 is 0. The average Bonchev–Trinajstić information content (AvgIpc) is 2.71. The average molecular weight is 348 g/mol. The predicted molar refractivity (Wildman–Crippen MR) is 101 cm³/mol. The third kappa shape index (κ3) is 3.79. The van der Waals surface area contributed by atoms with E-state index in [2.05, 4.69) is 11.0 Å². The number of carboxylic acid groups (broad SMARTS) is 1. The van der Waals surface area contributed by atoms with Gasteiger partial charge in [-0.25, -0.2) is 0 Å². The van der Waals surface area contributed by atoms with Gasteiger partial charge in [0.2, 0.25) is 0 Å². The lowest BCUT2D eigenvalue weighted by Gasteiger charge is -2.34. The van der Waals surface area contributed by atoms with Crippen molar-refractivity contribution in [1.82, 2.24) is 4.90 Å². The van der Waals surface area contributed by atoms with Crippen molar-refractivity contribution in [3.63, 3.8) is 0 Å². The minimum absolute atomic E-state index is 0.227. The summed E-state index contributed by atoms with van der Waals surface area (Å²) in [4.78, 5) is 13.4. The molecule has 0 aromatic heterocycles. The molecule has 1 aliphatic rings. The highest BCUT2D eigenvalue weighted by Gasteiger charge is 2.35. The number of nitriles is 1. The van der Waals surface area contributed by atoms with E-state index in [1.54, 1.807) is 0 Å². The molecule has 1 saturated heterocycles. The summed E-state index contributed by atoms with van der Waals surface area (Å²) >= 11 is 0. The van der Waals surface area contributed by atoms with Gasteiger partial charge in [-0.1, -0.05) is 60.7 Å². The molecule has 0 atom stereocenters. The molecule has 1 fully saturated rings. The van der Waals surface area contributed by atoms with E-state index in [1.807, 2.05) is 60.7 Å². The largest absolute Gasteiger partial charge is 0.481 e. The van der Waals surface area contributed by atoms with Gasteiger partial charge >= 0.3 is 5.97 Å². The maximum atomic E-state index is 11.1. The first kappa shape index (κ1) is 18.2. The summed E-state index contributed by atoms with van der Waals surface area (Å²) in [6.07, 6.45) is 2.06. The predicted octanol–water partition coefficient (Wildman–Crippen LogP) is 3.68. The number of piperidine rings is 1. The standard InChI is InChI=1S/C22H24N2O2/c23-17-22(19-7-3-1-4-8-19,20-9-5-2-6-10-20)13-16-24-14-11-18(12-15-24)21(25)26/h1-10,18H,11-16H2,(H,25,26). The van der Waals surface area contributed by atoms with Crippen molar-refractivity contribution < 1.29 is 9.90 Å². The van der Waals surface area contributed by atoms with E-state index in [9.17, 15) is 10.1 Å². The molecule has 0 unspecified atom stereocenters. The third-order valence-electron chi connectivity index (χ3n) is 5.46. The molecule has 1 N–H and O–H groups in total. The Morgan fingerprint density at radius 1 is 1.04 bits per heavy atom. The fraction of sp³-hybridized carbons (Fsp3) is 0.364. The Morgan fingerprint density at radius 3 is 1.96 bits per heavy atom. The Balaban J connectivity index is 1.80. The van der Waals surface area contributed by atoms with Crippen LogP contribution in [0.15, 0.2) is 60.7 Å². The van der Waals surface area contributed by atoms with Gasteiger partial charge in [0.1, 0.15) is 5.41 Å². The monoisotopic (exact) mass is 348 g/mol. The van der Waals surface area contributed by atoms with Crippen molar-refractivity contribution in [2.45, 2.75) is 24.7 Å². The van der Waals surface area contributed by atoms with E-state index in [1.165, 1.54) is 0 Å². The molecule has 0 radical (unpaired) electrons. The van der Waals surface area contributed by atoms with E-state index in [0.717, 1.165) is 30.8 Å². The number of carbonyl (C=O) groups is 1. The number of aliphatic carboxylic acids is 1. The molecule has 0 amide bonds. The zero-order chi connectivity index (χ0) is 18.4. The van der Waals surface area contributed by atoms with Crippen LogP contribution in [0.1, 0.15) is 30.4 Å². The zero-order valence-electron chi connectivity index (χ0n) is 14.8. The molecule has 4 heteroatoms. The van der Waals surface area contributed by atoms with Gasteiger partial charge in [-0.15, -0.1) is 0 Å². The number of rotatable bonds is 6. The van der Waals surface area contributed by atoms with Crippen LogP contribution in [0.3, 0.4) is 0 Å². The molecule has 0 saturated carbocycles. The van der Waals surface area contributed by atoms with Gasteiger partial charge < -0.3 is 10.0 Å². The number of hydrogen-bond donors (Lipinski definition) is 1. The van der Waals surface area contributed by atoms with Crippen LogP contribution in [0.4, 0.5) is 0 Å². The van der Waals surface area contributed by atoms with E-state index in [-0.39, 0.29) is 5.92 Å². The highest BCUT2D eigenvalue weighted by atomic mass is 16.4. The lowest BCUT2D eigenvalue weighted by molar-refractivity contribution is -0.143. The number of carboxylic acids is 1. The van der Waals surface area contributed by atoms with E-state index >= 15 is 0 Å². The van der Waals surface area contributed by atoms with Gasteiger partial charge in [0, 0.05) is 6.54 Å². The second-order valence-corrected chi connectivity index (χ2v) is 6.95. The van der Waals surface area contributed by atoms with Gasteiger partial charge in [-0.3, -0.25) is 4.79 Å². The first-order valence-electron chi connectivity index (χ1n) is 9.13. The molecule has 134 valence electrons. The molecule has 26 heavy (non-hydrogen) atoms. The number of likely N-dealkylation sites (tertiary alicyclic amines) is 1. The first-order chi connectivity index (χ1) is 12.7. The Bertz CT molecular complexity index is 720. The smallest absolute Gasteiger partial charge is 0.306 e.